The van der Waals surface area contributed by atoms with Crippen LogP contribution in [0.3, 0.4) is 0 Å². The summed E-state index contributed by atoms with van der Waals surface area (Å²) in [6.45, 7) is 0. The average molecular weight is 191 g/mol. The van der Waals surface area contributed by atoms with Gasteiger partial charge in [0.25, 0.3) is 0 Å². The lowest BCUT2D eigenvalue weighted by molar-refractivity contribution is 0.213. The molecule has 0 radical (unpaired) electrons. The Morgan fingerprint density at radius 3 is 2.64 bits per heavy atom. The molecule has 1 rings (SSSR count). The molecule has 0 spiro atoms. The molecule has 1 aromatic carbocycles. The van der Waals surface area contributed by atoms with E-state index in [9.17, 15) is 4.79 Å². The molecule has 0 aliphatic heterocycles. The highest BCUT2D eigenvalue weighted by atomic mass is 16.2. The Kier molecular flexibility index (Phi) is 3.67. The summed E-state index contributed by atoms with van der Waals surface area (Å²) in [5, 5.41) is 7.68. The zero-order chi connectivity index (χ0) is 10.4. The van der Waals surface area contributed by atoms with Crippen LogP contribution in [0.25, 0.3) is 0 Å². The van der Waals surface area contributed by atoms with Gasteiger partial charge in [0.2, 0.25) is 0 Å². The van der Waals surface area contributed by atoms with Crippen molar-refractivity contribution in [3.8, 4) is 0 Å². The first-order chi connectivity index (χ1) is 6.74. The molecule has 74 valence electrons. The van der Waals surface area contributed by atoms with Crippen molar-refractivity contribution in [3.63, 3.8) is 0 Å². The Bertz CT molecular complexity index is 321. The van der Waals surface area contributed by atoms with E-state index >= 15 is 0 Å². The summed E-state index contributed by atoms with van der Waals surface area (Å²) in [7, 11) is 3.16. The molecule has 1 N–H and O–H groups in total. The lowest BCUT2D eigenvalue weighted by Gasteiger charge is -2.08. The van der Waals surface area contributed by atoms with E-state index in [1.807, 2.05) is 30.3 Å². The molecule has 0 aliphatic carbocycles. The summed E-state index contributed by atoms with van der Waals surface area (Å²) in [5.41, 5.74) is 0.961. The van der Waals surface area contributed by atoms with Crippen LogP contribution in [0, 0.1) is 0 Å². The van der Waals surface area contributed by atoms with Gasteiger partial charge in [0, 0.05) is 14.1 Å². The van der Waals surface area contributed by atoms with Gasteiger partial charge in [-0.1, -0.05) is 30.3 Å². The van der Waals surface area contributed by atoms with Gasteiger partial charge in [0.15, 0.2) is 0 Å². The lowest BCUT2D eigenvalue weighted by atomic mass is 10.2. The SMILES string of the molecule is CNC(=O)N(C)/N=C\c1ccccc1. The zero-order valence-corrected chi connectivity index (χ0v) is 8.27. The molecule has 0 saturated heterocycles. The molecule has 0 aliphatic rings. The maximum Gasteiger partial charge on any atom is 0.337 e. The summed E-state index contributed by atoms with van der Waals surface area (Å²) in [4.78, 5) is 11.0. The number of hydrogen-bond donors (Lipinski definition) is 1. The molecular weight excluding hydrogens is 178 g/mol. The quantitative estimate of drug-likeness (QED) is 0.555. The van der Waals surface area contributed by atoms with Crippen LogP contribution in [0.1, 0.15) is 5.56 Å². The van der Waals surface area contributed by atoms with Crippen molar-refractivity contribution in [3.05, 3.63) is 35.9 Å². The van der Waals surface area contributed by atoms with Crippen LogP contribution in [0.15, 0.2) is 35.4 Å². The molecule has 4 heteroatoms. The predicted molar refractivity (Wildman–Crippen MR) is 56.3 cm³/mol. The molecule has 1 aromatic rings. The molecule has 14 heavy (non-hydrogen) atoms. The van der Waals surface area contributed by atoms with Gasteiger partial charge in [-0.2, -0.15) is 5.10 Å². The van der Waals surface area contributed by atoms with Gasteiger partial charge in [-0.25, -0.2) is 9.80 Å². The molecule has 0 unspecified atom stereocenters. The number of urea groups is 1. The van der Waals surface area contributed by atoms with Gasteiger partial charge >= 0.3 is 6.03 Å². The topological polar surface area (TPSA) is 44.7 Å². The Hall–Kier alpha value is -1.84. The van der Waals surface area contributed by atoms with Crippen molar-refractivity contribution in [1.29, 1.82) is 0 Å². The number of carbonyl (C=O) groups excluding carboxylic acids is 1. The van der Waals surface area contributed by atoms with Crippen molar-refractivity contribution < 1.29 is 4.79 Å². The summed E-state index contributed by atoms with van der Waals surface area (Å²) in [6.07, 6.45) is 1.63. The van der Waals surface area contributed by atoms with Crippen molar-refractivity contribution in [2.24, 2.45) is 5.10 Å². The number of nitrogens with one attached hydrogen (secondary N) is 1. The predicted octanol–water partition coefficient (Wildman–Crippen LogP) is 1.29. The third-order valence-electron chi connectivity index (χ3n) is 1.69. The minimum atomic E-state index is -0.239. The van der Waals surface area contributed by atoms with Crippen LogP contribution in [0.4, 0.5) is 4.79 Å². The van der Waals surface area contributed by atoms with Crippen LogP contribution in [0.5, 0.6) is 0 Å². The first-order valence-corrected chi connectivity index (χ1v) is 4.28. The van der Waals surface area contributed by atoms with Crippen molar-refractivity contribution >= 4 is 12.2 Å². The number of nitrogens with zero attached hydrogens (tertiary/aromatic N) is 2. The normalized spacial score (nSPS) is 10.1. The third kappa shape index (κ3) is 2.90. The summed E-state index contributed by atoms with van der Waals surface area (Å²) < 4.78 is 0. The molecule has 0 bridgehead atoms. The highest BCUT2D eigenvalue weighted by Gasteiger charge is 2.00. The van der Waals surface area contributed by atoms with Gasteiger partial charge in [-0.3, -0.25) is 0 Å². The van der Waals surface area contributed by atoms with E-state index in [1.54, 1.807) is 20.3 Å². The van der Waals surface area contributed by atoms with Crippen LogP contribution in [-0.4, -0.2) is 31.3 Å². The monoisotopic (exact) mass is 191 g/mol. The standard InChI is InChI=1S/C10H13N3O/c1-11-10(14)13(2)12-8-9-6-4-3-5-7-9/h3-8H,1-2H3,(H,11,14)/b12-8-. The minimum Gasteiger partial charge on any atom is -0.340 e. The Morgan fingerprint density at radius 2 is 2.07 bits per heavy atom. The van der Waals surface area contributed by atoms with Gasteiger partial charge in [-0.05, 0) is 5.56 Å². The number of rotatable bonds is 2. The third-order valence-corrected chi connectivity index (χ3v) is 1.69. The highest BCUT2D eigenvalue weighted by Crippen LogP contribution is 1.94. The maximum absolute atomic E-state index is 11.0. The molecule has 2 amide bonds. The second-order valence-electron chi connectivity index (χ2n) is 2.73. The first kappa shape index (κ1) is 10.2. The van der Waals surface area contributed by atoms with E-state index in [-0.39, 0.29) is 6.03 Å². The van der Waals surface area contributed by atoms with Gasteiger partial charge < -0.3 is 5.32 Å². The van der Waals surface area contributed by atoms with Crippen LogP contribution in [-0.2, 0) is 0 Å². The fourth-order valence-electron chi connectivity index (χ4n) is 0.907. The van der Waals surface area contributed by atoms with Crippen molar-refractivity contribution in [2.75, 3.05) is 14.1 Å². The lowest BCUT2D eigenvalue weighted by Crippen LogP contribution is -2.30. The summed E-state index contributed by atoms with van der Waals surface area (Å²) in [5.74, 6) is 0. The van der Waals surface area contributed by atoms with E-state index in [0.717, 1.165) is 5.56 Å². The molecule has 0 aromatic heterocycles. The number of hydrogen-bond acceptors (Lipinski definition) is 2. The molecule has 0 fully saturated rings. The van der Waals surface area contributed by atoms with E-state index in [4.69, 9.17) is 0 Å². The second kappa shape index (κ2) is 5.01. The van der Waals surface area contributed by atoms with Gasteiger partial charge in [-0.15, -0.1) is 0 Å². The summed E-state index contributed by atoms with van der Waals surface area (Å²) >= 11 is 0. The number of benzene rings is 1. The Morgan fingerprint density at radius 1 is 1.43 bits per heavy atom. The van der Waals surface area contributed by atoms with Crippen molar-refractivity contribution in [2.45, 2.75) is 0 Å². The molecule has 0 atom stereocenters. The van der Waals surface area contributed by atoms with E-state index < -0.39 is 0 Å². The highest BCUT2D eigenvalue weighted by molar-refractivity contribution is 5.81. The molecular formula is C10H13N3O. The van der Waals surface area contributed by atoms with E-state index in [2.05, 4.69) is 10.4 Å². The van der Waals surface area contributed by atoms with E-state index in [0.29, 0.717) is 0 Å². The number of hydrazone groups is 1. The smallest absolute Gasteiger partial charge is 0.337 e. The average Bonchev–Trinajstić information content (AvgIpc) is 2.26. The van der Waals surface area contributed by atoms with Crippen LogP contribution in [0.2, 0.25) is 0 Å². The van der Waals surface area contributed by atoms with Crippen LogP contribution < -0.4 is 5.32 Å². The van der Waals surface area contributed by atoms with Crippen molar-refractivity contribution in [1.82, 2.24) is 10.3 Å². The molecule has 0 saturated carbocycles. The number of carbonyl (C=O) groups is 1. The van der Waals surface area contributed by atoms with E-state index in [1.165, 1.54) is 5.01 Å². The first-order valence-electron chi connectivity index (χ1n) is 4.28. The Balaban J connectivity index is 2.60. The molecule has 4 nitrogen and oxygen atoms in total. The minimum absolute atomic E-state index is 0.239. The fourth-order valence-corrected chi connectivity index (χ4v) is 0.907. The zero-order valence-electron chi connectivity index (χ0n) is 8.27. The summed E-state index contributed by atoms with van der Waals surface area (Å²) in [6, 6.07) is 9.36. The van der Waals surface area contributed by atoms with Gasteiger partial charge in [0.1, 0.15) is 0 Å². The second-order valence-corrected chi connectivity index (χ2v) is 2.73. The number of amides is 2. The molecule has 0 heterocycles. The fraction of sp³-hybridized carbons (Fsp3) is 0.200. The maximum atomic E-state index is 11.0. The Labute approximate surface area is 83.2 Å². The van der Waals surface area contributed by atoms with Gasteiger partial charge in [0.05, 0.1) is 6.21 Å². The van der Waals surface area contributed by atoms with Crippen LogP contribution >= 0.6 is 0 Å². The largest absolute Gasteiger partial charge is 0.340 e.